The Balaban J connectivity index is 2.20. The Hall–Kier alpha value is -0.910. The number of rotatable bonds is 4. The van der Waals surface area contributed by atoms with Crippen LogP contribution in [0, 0.1) is 11.3 Å². The van der Waals surface area contributed by atoms with Crippen LogP contribution in [0.3, 0.4) is 0 Å². The highest BCUT2D eigenvalue weighted by atomic mass is 32.2. The summed E-state index contributed by atoms with van der Waals surface area (Å²) in [6, 6.07) is 7.36. The normalized spacial score (nSPS) is 22.9. The van der Waals surface area contributed by atoms with Gasteiger partial charge in [0.15, 0.2) is 0 Å². The molecule has 0 aliphatic carbocycles. The lowest BCUT2D eigenvalue weighted by molar-refractivity contribution is 0.155. The summed E-state index contributed by atoms with van der Waals surface area (Å²) in [5, 5.41) is 0. The fraction of sp³-hybridized carbons (Fsp3) is 0.647. The molecule has 0 aromatic heterocycles. The molecule has 124 valence electrons. The molecule has 1 aromatic rings. The summed E-state index contributed by atoms with van der Waals surface area (Å²) in [6.07, 6.45) is 1.67. The monoisotopic (exact) mass is 324 g/mol. The van der Waals surface area contributed by atoms with Crippen LogP contribution in [0.25, 0.3) is 0 Å². The average molecular weight is 324 g/mol. The molecule has 4 nitrogen and oxygen atoms in total. The Kier molecular flexibility index (Phi) is 5.00. The van der Waals surface area contributed by atoms with Gasteiger partial charge in [-0.25, -0.2) is 8.42 Å². The summed E-state index contributed by atoms with van der Waals surface area (Å²) in [7, 11) is -3.42. The first kappa shape index (κ1) is 17.4. The Morgan fingerprint density at radius 1 is 1.27 bits per heavy atom. The third-order valence-electron chi connectivity index (χ3n) is 4.48. The number of nitrogens with zero attached hydrogens (tertiary/aromatic N) is 1. The van der Waals surface area contributed by atoms with Crippen molar-refractivity contribution in [2.24, 2.45) is 17.1 Å². The first-order valence-corrected chi connectivity index (χ1v) is 9.41. The maximum atomic E-state index is 12.8. The van der Waals surface area contributed by atoms with E-state index in [-0.39, 0.29) is 11.5 Å². The van der Waals surface area contributed by atoms with Gasteiger partial charge in [0.05, 0.1) is 4.90 Å². The van der Waals surface area contributed by atoms with Crippen LogP contribution in [0.5, 0.6) is 0 Å². The molecule has 1 unspecified atom stereocenters. The summed E-state index contributed by atoms with van der Waals surface area (Å²) in [6.45, 7) is 9.36. The van der Waals surface area contributed by atoms with Crippen molar-refractivity contribution in [2.75, 3.05) is 13.1 Å². The first-order chi connectivity index (χ1) is 10.1. The quantitative estimate of drug-likeness (QED) is 0.926. The van der Waals surface area contributed by atoms with Crippen molar-refractivity contribution < 1.29 is 8.42 Å². The van der Waals surface area contributed by atoms with E-state index in [1.807, 2.05) is 26.0 Å². The third kappa shape index (κ3) is 3.70. The predicted octanol–water partition coefficient (Wildman–Crippen LogP) is 2.63. The van der Waals surface area contributed by atoms with Crippen LogP contribution in [0.15, 0.2) is 29.2 Å². The summed E-state index contributed by atoms with van der Waals surface area (Å²) in [5.41, 5.74) is 7.09. The minimum Gasteiger partial charge on any atom is -0.327 e. The maximum Gasteiger partial charge on any atom is 0.243 e. The lowest BCUT2D eigenvalue weighted by Gasteiger charge is -2.41. The molecular formula is C17H28N2O2S. The topological polar surface area (TPSA) is 63.4 Å². The zero-order chi connectivity index (χ0) is 16.5. The van der Waals surface area contributed by atoms with Crippen LogP contribution in [0.4, 0.5) is 0 Å². The Bertz CT molecular complexity index is 606. The molecule has 5 heteroatoms. The van der Waals surface area contributed by atoms with E-state index in [1.165, 1.54) is 5.56 Å². The van der Waals surface area contributed by atoms with Gasteiger partial charge in [0.2, 0.25) is 10.0 Å². The van der Waals surface area contributed by atoms with Gasteiger partial charge in [-0.3, -0.25) is 0 Å². The Labute approximate surface area is 134 Å². The number of benzene rings is 1. The lowest BCUT2D eigenvalue weighted by Crippen LogP contribution is -2.53. The standard InChI is InChI=1S/C17H28N2O2S/c1-13(2)11-14-5-7-15(8-6-14)22(20,21)19-10-9-16(18)17(3,4)12-19/h5-8,13,16H,9-12,18H2,1-4H3. The van der Waals surface area contributed by atoms with E-state index in [9.17, 15) is 8.42 Å². The second-order valence-electron chi connectivity index (χ2n) is 7.46. The fourth-order valence-electron chi connectivity index (χ4n) is 2.95. The zero-order valence-corrected chi connectivity index (χ0v) is 14.9. The van der Waals surface area contributed by atoms with Gasteiger partial charge < -0.3 is 5.73 Å². The molecular weight excluding hydrogens is 296 g/mol. The van der Waals surface area contributed by atoms with Crippen molar-refractivity contribution in [2.45, 2.75) is 51.5 Å². The minimum atomic E-state index is -3.42. The maximum absolute atomic E-state index is 12.8. The van der Waals surface area contributed by atoms with Gasteiger partial charge in [-0.15, -0.1) is 0 Å². The number of hydrogen-bond acceptors (Lipinski definition) is 3. The molecule has 0 radical (unpaired) electrons. The minimum absolute atomic E-state index is 0.0485. The highest BCUT2D eigenvalue weighted by Crippen LogP contribution is 2.31. The van der Waals surface area contributed by atoms with Crippen molar-refractivity contribution in [3.8, 4) is 0 Å². The summed E-state index contributed by atoms with van der Waals surface area (Å²) >= 11 is 0. The highest BCUT2D eigenvalue weighted by molar-refractivity contribution is 7.89. The van der Waals surface area contributed by atoms with Crippen LogP contribution in [-0.4, -0.2) is 31.9 Å². The largest absolute Gasteiger partial charge is 0.327 e. The van der Waals surface area contributed by atoms with E-state index in [4.69, 9.17) is 5.73 Å². The number of hydrogen-bond donors (Lipinski definition) is 1. The van der Waals surface area contributed by atoms with E-state index in [1.54, 1.807) is 16.4 Å². The Morgan fingerprint density at radius 3 is 2.36 bits per heavy atom. The van der Waals surface area contributed by atoms with E-state index >= 15 is 0 Å². The van der Waals surface area contributed by atoms with Crippen molar-refractivity contribution in [1.29, 1.82) is 0 Å². The van der Waals surface area contributed by atoms with Crippen LogP contribution in [0.1, 0.15) is 39.7 Å². The van der Waals surface area contributed by atoms with Gasteiger partial charge in [0.1, 0.15) is 0 Å². The number of piperidine rings is 1. The lowest BCUT2D eigenvalue weighted by atomic mass is 9.81. The summed E-state index contributed by atoms with van der Waals surface area (Å²) in [4.78, 5) is 0.381. The predicted molar refractivity (Wildman–Crippen MR) is 90.1 cm³/mol. The van der Waals surface area contributed by atoms with Gasteiger partial charge in [0, 0.05) is 19.1 Å². The highest BCUT2D eigenvalue weighted by Gasteiger charge is 2.38. The van der Waals surface area contributed by atoms with Gasteiger partial charge >= 0.3 is 0 Å². The second kappa shape index (κ2) is 6.30. The number of sulfonamides is 1. The van der Waals surface area contributed by atoms with Crippen molar-refractivity contribution >= 4 is 10.0 Å². The average Bonchev–Trinajstić information content (AvgIpc) is 2.41. The molecule has 1 saturated heterocycles. The molecule has 1 fully saturated rings. The second-order valence-corrected chi connectivity index (χ2v) is 9.40. The smallest absolute Gasteiger partial charge is 0.243 e. The van der Waals surface area contributed by atoms with Crippen LogP contribution in [0.2, 0.25) is 0 Å². The molecule has 0 saturated carbocycles. The molecule has 0 amide bonds. The molecule has 1 heterocycles. The molecule has 2 N–H and O–H groups in total. The summed E-state index contributed by atoms with van der Waals surface area (Å²) in [5.74, 6) is 0.562. The first-order valence-electron chi connectivity index (χ1n) is 7.97. The SMILES string of the molecule is CC(C)Cc1ccc(S(=O)(=O)N2CCC(N)C(C)(C)C2)cc1. The molecule has 1 aliphatic rings. The van der Waals surface area contributed by atoms with Crippen molar-refractivity contribution in [3.63, 3.8) is 0 Å². The zero-order valence-electron chi connectivity index (χ0n) is 14.0. The van der Waals surface area contributed by atoms with Gasteiger partial charge in [0.25, 0.3) is 0 Å². The van der Waals surface area contributed by atoms with Gasteiger partial charge in [-0.05, 0) is 41.9 Å². The summed E-state index contributed by atoms with van der Waals surface area (Å²) < 4.78 is 27.2. The molecule has 2 rings (SSSR count). The molecule has 1 aliphatic heterocycles. The fourth-order valence-corrected chi connectivity index (χ4v) is 4.57. The van der Waals surface area contributed by atoms with E-state index in [0.29, 0.717) is 30.3 Å². The van der Waals surface area contributed by atoms with Gasteiger partial charge in [-0.1, -0.05) is 39.8 Å². The third-order valence-corrected chi connectivity index (χ3v) is 6.34. The van der Waals surface area contributed by atoms with Gasteiger partial charge in [-0.2, -0.15) is 4.31 Å². The van der Waals surface area contributed by atoms with Crippen molar-refractivity contribution in [3.05, 3.63) is 29.8 Å². The Morgan fingerprint density at radius 2 is 1.86 bits per heavy atom. The molecule has 0 spiro atoms. The molecule has 0 bridgehead atoms. The van der Waals surface area contributed by atoms with E-state index in [2.05, 4.69) is 13.8 Å². The molecule has 1 aromatic carbocycles. The molecule has 1 atom stereocenters. The number of nitrogens with two attached hydrogens (primary N) is 1. The van der Waals surface area contributed by atoms with Crippen molar-refractivity contribution in [1.82, 2.24) is 4.31 Å². The molecule has 22 heavy (non-hydrogen) atoms. The van der Waals surface area contributed by atoms with E-state index < -0.39 is 10.0 Å². The van der Waals surface area contributed by atoms with Crippen LogP contribution in [-0.2, 0) is 16.4 Å². The van der Waals surface area contributed by atoms with E-state index in [0.717, 1.165) is 6.42 Å². The van der Waals surface area contributed by atoms with Crippen LogP contribution >= 0.6 is 0 Å². The van der Waals surface area contributed by atoms with Crippen LogP contribution < -0.4 is 5.73 Å².